The molecule has 5 rings (SSSR count). The Balaban J connectivity index is 0.945. The van der Waals surface area contributed by atoms with Gasteiger partial charge in [0.05, 0.1) is 46.2 Å². The van der Waals surface area contributed by atoms with Gasteiger partial charge in [0.25, 0.3) is 8.32 Å². The van der Waals surface area contributed by atoms with Gasteiger partial charge in [-0.1, -0.05) is 130 Å². The van der Waals surface area contributed by atoms with Gasteiger partial charge in [-0.15, -0.1) is 0 Å². The standard InChI is InChI=1S/C40H49NO6Si/c1-40(2,3)48(32-15-7-5-8-16-32,33-17-9-6-10-18-33)47-30-29-45-28-27-44-26-25-43-24-23-41(4)39(42)46-31-38-36-21-13-11-19-34(36)35-20-12-14-22-37(35)38/h5-22,38H,23-31H2,1-4H3. The summed E-state index contributed by atoms with van der Waals surface area (Å²) in [5.74, 6) is 0.0436. The predicted molar refractivity (Wildman–Crippen MR) is 194 cm³/mol. The largest absolute Gasteiger partial charge is 0.448 e. The molecular weight excluding hydrogens is 619 g/mol. The van der Waals surface area contributed by atoms with Crippen LogP contribution in [-0.4, -0.2) is 85.8 Å². The van der Waals surface area contributed by atoms with Crippen molar-refractivity contribution in [3.8, 4) is 11.1 Å². The number of nitrogens with zero attached hydrogens (tertiary/aromatic N) is 1. The molecular formula is C40H49NO6Si. The zero-order valence-electron chi connectivity index (χ0n) is 28.7. The normalized spacial score (nSPS) is 12.8. The Kier molecular flexibility index (Phi) is 12.6. The summed E-state index contributed by atoms with van der Waals surface area (Å²) < 4.78 is 29.8. The maximum Gasteiger partial charge on any atom is 0.409 e. The third-order valence-corrected chi connectivity index (χ3v) is 14.0. The Morgan fingerprint density at radius 1 is 0.625 bits per heavy atom. The molecule has 0 aliphatic heterocycles. The van der Waals surface area contributed by atoms with Crippen LogP contribution in [0.3, 0.4) is 0 Å². The summed E-state index contributed by atoms with van der Waals surface area (Å²) in [6.07, 6.45) is -0.354. The molecule has 0 atom stereocenters. The average Bonchev–Trinajstić information content (AvgIpc) is 3.43. The van der Waals surface area contributed by atoms with E-state index in [4.69, 9.17) is 23.4 Å². The summed E-state index contributed by atoms with van der Waals surface area (Å²) in [4.78, 5) is 14.2. The number of ether oxygens (including phenoxy) is 4. The number of carbonyl (C=O) groups excluding carboxylic acids is 1. The maximum absolute atomic E-state index is 12.7. The Hall–Kier alpha value is -3.79. The molecule has 0 fully saturated rings. The third kappa shape index (κ3) is 8.43. The van der Waals surface area contributed by atoms with Gasteiger partial charge in [-0.2, -0.15) is 0 Å². The molecule has 0 N–H and O–H groups in total. The first-order valence-electron chi connectivity index (χ1n) is 16.9. The van der Waals surface area contributed by atoms with Crippen molar-refractivity contribution in [2.24, 2.45) is 0 Å². The molecule has 1 amide bonds. The van der Waals surface area contributed by atoms with Crippen molar-refractivity contribution in [3.63, 3.8) is 0 Å². The topological polar surface area (TPSA) is 66.5 Å². The van der Waals surface area contributed by atoms with E-state index in [1.807, 2.05) is 24.3 Å². The molecule has 4 aromatic carbocycles. The van der Waals surface area contributed by atoms with Crippen molar-refractivity contribution >= 4 is 24.8 Å². The minimum Gasteiger partial charge on any atom is -0.448 e. The van der Waals surface area contributed by atoms with E-state index in [1.54, 1.807) is 11.9 Å². The van der Waals surface area contributed by atoms with E-state index >= 15 is 0 Å². The first kappa shape index (κ1) is 35.5. The zero-order chi connectivity index (χ0) is 33.8. The summed E-state index contributed by atoms with van der Waals surface area (Å²) in [6, 6.07) is 37.9. The van der Waals surface area contributed by atoms with E-state index in [1.165, 1.54) is 32.6 Å². The molecule has 1 aliphatic rings. The summed E-state index contributed by atoms with van der Waals surface area (Å²) in [5.41, 5.74) is 4.83. The van der Waals surface area contributed by atoms with Crippen LogP contribution in [0.1, 0.15) is 37.8 Å². The fourth-order valence-corrected chi connectivity index (χ4v) is 11.1. The van der Waals surface area contributed by atoms with Crippen LogP contribution in [0, 0.1) is 0 Å². The van der Waals surface area contributed by atoms with Crippen LogP contribution in [0.15, 0.2) is 109 Å². The van der Waals surface area contributed by atoms with Crippen molar-refractivity contribution in [2.75, 3.05) is 66.4 Å². The number of benzene rings is 4. The third-order valence-electron chi connectivity index (χ3n) is 8.93. The highest BCUT2D eigenvalue weighted by Crippen LogP contribution is 2.44. The average molecular weight is 668 g/mol. The lowest BCUT2D eigenvalue weighted by atomic mass is 9.98. The molecule has 0 heterocycles. The summed E-state index contributed by atoms with van der Waals surface area (Å²) in [6.45, 7) is 10.8. The molecule has 0 unspecified atom stereocenters. The smallest absolute Gasteiger partial charge is 0.409 e. The van der Waals surface area contributed by atoms with E-state index in [2.05, 4.69) is 106 Å². The van der Waals surface area contributed by atoms with E-state index in [-0.39, 0.29) is 17.0 Å². The van der Waals surface area contributed by atoms with E-state index in [0.717, 1.165) is 0 Å². The SMILES string of the molecule is CN(CCOCCOCCOCCO[Si](c1ccccc1)(c1ccccc1)C(C)(C)C)C(=O)OCC1c2ccccc2-c2ccccc21. The Morgan fingerprint density at radius 2 is 1.06 bits per heavy atom. The second-order valence-electron chi connectivity index (χ2n) is 13.1. The minimum absolute atomic E-state index is 0.0436. The first-order valence-corrected chi connectivity index (χ1v) is 18.8. The Labute approximate surface area is 286 Å². The molecule has 0 spiro atoms. The van der Waals surface area contributed by atoms with Crippen LogP contribution in [0.4, 0.5) is 4.79 Å². The monoisotopic (exact) mass is 667 g/mol. The maximum atomic E-state index is 12.7. The second-order valence-corrected chi connectivity index (χ2v) is 17.4. The lowest BCUT2D eigenvalue weighted by Gasteiger charge is -2.43. The van der Waals surface area contributed by atoms with E-state index in [9.17, 15) is 4.79 Å². The van der Waals surface area contributed by atoms with Crippen molar-refractivity contribution in [2.45, 2.75) is 31.7 Å². The molecule has 7 nitrogen and oxygen atoms in total. The van der Waals surface area contributed by atoms with Crippen molar-refractivity contribution < 1.29 is 28.2 Å². The van der Waals surface area contributed by atoms with Crippen LogP contribution in [0.25, 0.3) is 11.1 Å². The van der Waals surface area contributed by atoms with Crippen LogP contribution in [0.2, 0.25) is 5.04 Å². The van der Waals surface area contributed by atoms with E-state index in [0.29, 0.717) is 59.4 Å². The lowest BCUT2D eigenvalue weighted by Crippen LogP contribution is -2.66. The van der Waals surface area contributed by atoms with Gasteiger partial charge in [0.2, 0.25) is 0 Å². The summed E-state index contributed by atoms with van der Waals surface area (Å²) >= 11 is 0. The van der Waals surface area contributed by atoms with Gasteiger partial charge in [-0.05, 0) is 37.7 Å². The van der Waals surface area contributed by atoms with Crippen molar-refractivity contribution in [3.05, 3.63) is 120 Å². The van der Waals surface area contributed by atoms with Crippen LogP contribution in [0.5, 0.6) is 0 Å². The van der Waals surface area contributed by atoms with Crippen molar-refractivity contribution in [1.82, 2.24) is 4.90 Å². The van der Waals surface area contributed by atoms with Crippen molar-refractivity contribution in [1.29, 1.82) is 0 Å². The Morgan fingerprint density at radius 3 is 1.56 bits per heavy atom. The quantitative estimate of drug-likeness (QED) is 0.0948. The van der Waals surface area contributed by atoms with Crippen LogP contribution in [-0.2, 0) is 23.4 Å². The van der Waals surface area contributed by atoms with Gasteiger partial charge in [-0.3, -0.25) is 0 Å². The molecule has 254 valence electrons. The zero-order valence-corrected chi connectivity index (χ0v) is 29.7. The number of likely N-dealkylation sites (N-methyl/N-ethyl adjacent to an activating group) is 1. The minimum atomic E-state index is -2.56. The molecule has 48 heavy (non-hydrogen) atoms. The molecule has 1 aliphatic carbocycles. The number of hydrogen-bond acceptors (Lipinski definition) is 6. The van der Waals surface area contributed by atoms with Gasteiger partial charge in [-0.25, -0.2) is 4.79 Å². The highest BCUT2D eigenvalue weighted by Gasteiger charge is 2.50. The Bertz CT molecular complexity index is 1490. The summed E-state index contributed by atoms with van der Waals surface area (Å²) in [7, 11) is -0.826. The predicted octanol–water partition coefficient (Wildman–Crippen LogP) is 6.49. The highest BCUT2D eigenvalue weighted by molar-refractivity contribution is 6.99. The van der Waals surface area contributed by atoms with Crippen LogP contribution < -0.4 is 10.4 Å². The molecule has 0 radical (unpaired) electrons. The first-order chi connectivity index (χ1) is 23.3. The van der Waals surface area contributed by atoms with Gasteiger partial charge in [0.15, 0.2) is 0 Å². The molecule has 0 aromatic heterocycles. The number of fused-ring (bicyclic) bond motifs is 3. The fourth-order valence-electron chi connectivity index (χ4n) is 6.55. The second kappa shape index (κ2) is 17.0. The van der Waals surface area contributed by atoms with Gasteiger partial charge in [0.1, 0.15) is 6.61 Å². The molecule has 4 aromatic rings. The summed E-state index contributed by atoms with van der Waals surface area (Å²) in [5, 5.41) is 2.46. The lowest BCUT2D eigenvalue weighted by molar-refractivity contribution is 0.00604. The number of rotatable bonds is 17. The van der Waals surface area contributed by atoms with Gasteiger partial charge >= 0.3 is 6.09 Å². The van der Waals surface area contributed by atoms with Gasteiger partial charge < -0.3 is 28.3 Å². The molecule has 8 heteroatoms. The molecule has 0 bridgehead atoms. The fraction of sp³-hybridized carbons (Fsp3) is 0.375. The van der Waals surface area contributed by atoms with E-state index < -0.39 is 8.32 Å². The number of hydrogen-bond donors (Lipinski definition) is 0. The van der Waals surface area contributed by atoms with Gasteiger partial charge in [0, 0.05) is 19.5 Å². The number of amides is 1. The molecule has 0 saturated heterocycles. The van der Waals surface area contributed by atoms with Crippen LogP contribution >= 0.6 is 0 Å². The molecule has 0 saturated carbocycles. The number of carbonyl (C=O) groups is 1. The highest BCUT2D eigenvalue weighted by atomic mass is 28.4.